The van der Waals surface area contributed by atoms with Crippen LogP contribution in [0.4, 0.5) is 0 Å². The van der Waals surface area contributed by atoms with Crippen LogP contribution in [0.15, 0.2) is 0 Å². The van der Waals surface area contributed by atoms with Gasteiger partial charge < -0.3 is 15.4 Å². The molecule has 2 unspecified atom stereocenters. The van der Waals surface area contributed by atoms with E-state index in [2.05, 4.69) is 16.7 Å². The van der Waals surface area contributed by atoms with E-state index in [0.717, 1.165) is 19.5 Å². The molecule has 2 heterocycles. The highest BCUT2D eigenvalue weighted by molar-refractivity contribution is 4.77. The summed E-state index contributed by atoms with van der Waals surface area (Å²) in [6.07, 6.45) is 7.16. The van der Waals surface area contributed by atoms with Gasteiger partial charge in [0.1, 0.15) is 0 Å². The second kappa shape index (κ2) is 8.20. The van der Waals surface area contributed by atoms with Crippen LogP contribution in [-0.4, -0.2) is 67.8 Å². The Morgan fingerprint density at radius 1 is 1.05 bits per heavy atom. The largest absolute Gasteiger partial charge is 0.374 e. The van der Waals surface area contributed by atoms with Crippen molar-refractivity contribution in [3.63, 3.8) is 0 Å². The molecule has 0 aromatic carbocycles. The first kappa shape index (κ1) is 15.2. The molecule has 2 N–H and O–H groups in total. The maximum atomic E-state index is 5.94. The zero-order valence-corrected chi connectivity index (χ0v) is 12.5. The van der Waals surface area contributed by atoms with Crippen LogP contribution in [0.5, 0.6) is 0 Å². The zero-order chi connectivity index (χ0) is 13.5. The van der Waals surface area contributed by atoms with Crippen molar-refractivity contribution < 1.29 is 4.74 Å². The van der Waals surface area contributed by atoms with E-state index >= 15 is 0 Å². The first-order valence-electron chi connectivity index (χ1n) is 8.08. The molecule has 0 aromatic heterocycles. The van der Waals surface area contributed by atoms with Crippen molar-refractivity contribution in [3.8, 4) is 0 Å². The van der Waals surface area contributed by atoms with E-state index in [9.17, 15) is 0 Å². The van der Waals surface area contributed by atoms with E-state index in [0.29, 0.717) is 12.2 Å². The van der Waals surface area contributed by atoms with Gasteiger partial charge in [-0.15, -0.1) is 0 Å². The molecule has 112 valence electrons. The third-order valence-corrected chi connectivity index (χ3v) is 4.39. The SMILES string of the molecule is CC1CCC(CN2CCCN(CCCCN)CC2)O1. The van der Waals surface area contributed by atoms with Crippen molar-refractivity contribution in [1.82, 2.24) is 9.80 Å². The summed E-state index contributed by atoms with van der Waals surface area (Å²) in [5, 5.41) is 0. The maximum absolute atomic E-state index is 5.94. The van der Waals surface area contributed by atoms with Crippen LogP contribution in [0.25, 0.3) is 0 Å². The van der Waals surface area contributed by atoms with Gasteiger partial charge in [0.25, 0.3) is 0 Å². The third-order valence-electron chi connectivity index (χ3n) is 4.39. The molecule has 2 saturated heterocycles. The van der Waals surface area contributed by atoms with Crippen molar-refractivity contribution in [3.05, 3.63) is 0 Å². The van der Waals surface area contributed by atoms with Gasteiger partial charge in [-0.3, -0.25) is 4.90 Å². The average molecular weight is 269 g/mol. The molecule has 2 aliphatic heterocycles. The van der Waals surface area contributed by atoms with Crippen molar-refractivity contribution in [2.45, 2.75) is 51.2 Å². The molecular formula is C15H31N3O. The Balaban J connectivity index is 1.65. The van der Waals surface area contributed by atoms with Crippen molar-refractivity contribution >= 4 is 0 Å². The minimum absolute atomic E-state index is 0.477. The fraction of sp³-hybridized carbons (Fsp3) is 1.00. The Bertz CT molecular complexity index is 250. The highest BCUT2D eigenvalue weighted by atomic mass is 16.5. The first-order valence-corrected chi connectivity index (χ1v) is 8.08. The van der Waals surface area contributed by atoms with Gasteiger partial charge in [0.15, 0.2) is 0 Å². The van der Waals surface area contributed by atoms with Crippen molar-refractivity contribution in [2.24, 2.45) is 5.73 Å². The van der Waals surface area contributed by atoms with E-state index in [-0.39, 0.29) is 0 Å². The fourth-order valence-electron chi connectivity index (χ4n) is 3.22. The van der Waals surface area contributed by atoms with E-state index in [1.807, 2.05) is 0 Å². The highest BCUT2D eigenvalue weighted by Gasteiger charge is 2.24. The summed E-state index contributed by atoms with van der Waals surface area (Å²) in [7, 11) is 0. The molecule has 0 radical (unpaired) electrons. The van der Waals surface area contributed by atoms with E-state index in [1.165, 1.54) is 58.4 Å². The van der Waals surface area contributed by atoms with Crippen LogP contribution in [0.1, 0.15) is 39.0 Å². The summed E-state index contributed by atoms with van der Waals surface area (Å²) in [6.45, 7) is 10.3. The minimum Gasteiger partial charge on any atom is -0.374 e. The number of nitrogens with zero attached hydrogens (tertiary/aromatic N) is 2. The molecule has 0 amide bonds. The summed E-state index contributed by atoms with van der Waals surface area (Å²) < 4.78 is 5.94. The Morgan fingerprint density at radius 2 is 1.84 bits per heavy atom. The molecule has 0 aliphatic carbocycles. The van der Waals surface area contributed by atoms with Crippen molar-refractivity contribution in [2.75, 3.05) is 45.8 Å². The summed E-state index contributed by atoms with van der Waals surface area (Å²) in [5.41, 5.74) is 5.56. The lowest BCUT2D eigenvalue weighted by molar-refractivity contribution is 0.0322. The summed E-state index contributed by atoms with van der Waals surface area (Å²) in [4.78, 5) is 5.21. The average Bonchev–Trinajstić information content (AvgIpc) is 2.67. The Morgan fingerprint density at radius 3 is 2.58 bits per heavy atom. The van der Waals surface area contributed by atoms with E-state index in [1.54, 1.807) is 0 Å². The Hall–Kier alpha value is -0.160. The zero-order valence-electron chi connectivity index (χ0n) is 12.5. The second-order valence-corrected chi connectivity index (χ2v) is 6.14. The predicted molar refractivity (Wildman–Crippen MR) is 79.4 cm³/mol. The summed E-state index contributed by atoms with van der Waals surface area (Å²) in [6, 6.07) is 0. The van der Waals surface area contributed by atoms with Gasteiger partial charge in [-0.25, -0.2) is 0 Å². The number of hydrogen-bond acceptors (Lipinski definition) is 4. The molecule has 19 heavy (non-hydrogen) atoms. The number of nitrogens with two attached hydrogens (primary N) is 1. The number of hydrogen-bond donors (Lipinski definition) is 1. The molecule has 2 rings (SSSR count). The first-order chi connectivity index (χ1) is 9.28. The predicted octanol–water partition coefficient (Wildman–Crippen LogP) is 1.30. The maximum Gasteiger partial charge on any atom is 0.0706 e. The van der Waals surface area contributed by atoms with Crippen molar-refractivity contribution in [1.29, 1.82) is 0 Å². The number of rotatable bonds is 6. The van der Waals surface area contributed by atoms with Gasteiger partial charge in [0.05, 0.1) is 12.2 Å². The molecule has 0 saturated carbocycles. The van der Waals surface area contributed by atoms with Crippen LogP contribution in [-0.2, 0) is 4.74 Å². The monoisotopic (exact) mass is 269 g/mol. The lowest BCUT2D eigenvalue weighted by Crippen LogP contribution is -2.36. The Kier molecular flexibility index (Phi) is 6.57. The number of unbranched alkanes of at least 4 members (excludes halogenated alkanes) is 1. The van der Waals surface area contributed by atoms with Crippen LogP contribution in [0.3, 0.4) is 0 Å². The molecule has 4 heteroatoms. The third kappa shape index (κ3) is 5.38. The van der Waals surface area contributed by atoms with Gasteiger partial charge >= 0.3 is 0 Å². The smallest absolute Gasteiger partial charge is 0.0706 e. The number of ether oxygens (including phenoxy) is 1. The summed E-state index contributed by atoms with van der Waals surface area (Å²) >= 11 is 0. The molecule has 0 bridgehead atoms. The van der Waals surface area contributed by atoms with E-state index < -0.39 is 0 Å². The van der Waals surface area contributed by atoms with Crippen LogP contribution in [0.2, 0.25) is 0 Å². The highest BCUT2D eigenvalue weighted by Crippen LogP contribution is 2.20. The molecule has 0 spiro atoms. The van der Waals surface area contributed by atoms with E-state index in [4.69, 9.17) is 10.5 Å². The molecule has 4 nitrogen and oxygen atoms in total. The Labute approximate surface area is 118 Å². The van der Waals surface area contributed by atoms with Gasteiger partial charge in [-0.1, -0.05) is 0 Å². The van der Waals surface area contributed by atoms with Crippen LogP contribution in [0, 0.1) is 0 Å². The molecular weight excluding hydrogens is 238 g/mol. The topological polar surface area (TPSA) is 41.7 Å². The quantitative estimate of drug-likeness (QED) is 0.738. The molecule has 2 fully saturated rings. The normalized spacial score (nSPS) is 30.6. The van der Waals surface area contributed by atoms with Gasteiger partial charge in [-0.2, -0.15) is 0 Å². The molecule has 2 atom stereocenters. The fourth-order valence-corrected chi connectivity index (χ4v) is 3.22. The van der Waals surface area contributed by atoms with Gasteiger partial charge in [0.2, 0.25) is 0 Å². The van der Waals surface area contributed by atoms with Gasteiger partial charge in [0, 0.05) is 19.6 Å². The second-order valence-electron chi connectivity index (χ2n) is 6.14. The summed E-state index contributed by atoms with van der Waals surface area (Å²) in [5.74, 6) is 0. The minimum atomic E-state index is 0.477. The van der Waals surface area contributed by atoms with Crippen LogP contribution >= 0.6 is 0 Å². The lowest BCUT2D eigenvalue weighted by Gasteiger charge is -2.24. The van der Waals surface area contributed by atoms with Crippen LogP contribution < -0.4 is 5.73 Å². The lowest BCUT2D eigenvalue weighted by atomic mass is 10.2. The van der Waals surface area contributed by atoms with Gasteiger partial charge in [-0.05, 0) is 65.2 Å². The molecule has 2 aliphatic rings. The standard InChI is InChI=1S/C15H31N3O/c1-14-5-6-15(19-14)13-18-10-4-9-17(11-12-18)8-3-2-7-16/h14-15H,2-13,16H2,1H3. The molecule has 0 aromatic rings.